The van der Waals surface area contributed by atoms with Gasteiger partial charge in [-0.1, -0.05) is 23.4 Å². The number of carbonyl (C=O) groups is 1. The van der Waals surface area contributed by atoms with Crippen LogP contribution >= 0.6 is 23.4 Å². The van der Waals surface area contributed by atoms with Gasteiger partial charge in [0.1, 0.15) is 5.25 Å². The molecule has 1 aromatic rings. The summed E-state index contributed by atoms with van der Waals surface area (Å²) in [6.45, 7) is 5.90. The number of hydrogen-bond donors (Lipinski definition) is 0. The first kappa shape index (κ1) is 15.1. The molecule has 0 unspecified atom stereocenters. The van der Waals surface area contributed by atoms with Gasteiger partial charge < -0.3 is 4.74 Å². The number of aliphatic imine (C=N–C) groups is 2. The van der Waals surface area contributed by atoms with E-state index in [9.17, 15) is 4.79 Å². The Bertz CT molecular complexity index is 599. The number of carbonyl (C=O) groups excluding carboxylic acids is 1. The maximum absolute atomic E-state index is 11.8. The van der Waals surface area contributed by atoms with Crippen molar-refractivity contribution in [1.82, 2.24) is 0 Å². The van der Waals surface area contributed by atoms with Crippen LogP contribution in [0.1, 0.15) is 19.4 Å². The van der Waals surface area contributed by atoms with Crippen LogP contribution in [0, 0.1) is 6.92 Å². The SMILES string of the molecule is CCOC(=O)[C@H]1SC(=Nc2ccc(Cl)cc2C)N=C1C. The number of nitrogens with zero attached hydrogens (tertiary/aromatic N) is 2. The number of thioether (sulfide) groups is 1. The maximum atomic E-state index is 11.8. The topological polar surface area (TPSA) is 51.0 Å². The smallest absolute Gasteiger partial charge is 0.325 e. The number of aryl methyl sites for hydroxylation is 1. The van der Waals surface area contributed by atoms with E-state index in [2.05, 4.69) is 9.98 Å². The van der Waals surface area contributed by atoms with Crippen LogP contribution in [0.4, 0.5) is 5.69 Å². The van der Waals surface area contributed by atoms with Crippen LogP contribution in [0.25, 0.3) is 0 Å². The Balaban J connectivity index is 2.19. The Hall–Kier alpha value is -1.33. The van der Waals surface area contributed by atoms with Gasteiger partial charge in [-0.25, -0.2) is 9.98 Å². The summed E-state index contributed by atoms with van der Waals surface area (Å²) in [4.78, 5) is 20.6. The number of hydrogen-bond acceptors (Lipinski definition) is 4. The van der Waals surface area contributed by atoms with Crippen LogP contribution < -0.4 is 0 Å². The lowest BCUT2D eigenvalue weighted by Crippen LogP contribution is -2.24. The van der Waals surface area contributed by atoms with Gasteiger partial charge in [-0.3, -0.25) is 4.79 Å². The second-order valence-corrected chi connectivity index (χ2v) is 5.84. The van der Waals surface area contributed by atoms with E-state index in [1.165, 1.54) is 11.8 Å². The molecule has 1 atom stereocenters. The quantitative estimate of drug-likeness (QED) is 0.798. The molecule has 0 saturated heterocycles. The van der Waals surface area contributed by atoms with E-state index in [1.807, 2.05) is 26.0 Å². The Morgan fingerprint density at radius 3 is 2.90 bits per heavy atom. The Kier molecular flexibility index (Phi) is 4.83. The number of esters is 1. The van der Waals surface area contributed by atoms with Crippen molar-refractivity contribution in [2.24, 2.45) is 9.98 Å². The predicted octanol–water partition coefficient (Wildman–Crippen LogP) is 3.78. The molecule has 1 aliphatic rings. The van der Waals surface area contributed by atoms with Crippen LogP contribution in [0.15, 0.2) is 28.2 Å². The molecule has 6 heteroatoms. The van der Waals surface area contributed by atoms with Gasteiger partial charge in [0, 0.05) is 10.7 Å². The third-order valence-electron chi connectivity index (χ3n) is 2.75. The fourth-order valence-corrected chi connectivity index (χ4v) is 2.93. The average molecular weight is 311 g/mol. The van der Waals surface area contributed by atoms with Gasteiger partial charge in [0.2, 0.25) is 0 Å². The number of ether oxygens (including phenoxy) is 1. The lowest BCUT2D eigenvalue weighted by Gasteiger charge is -2.07. The normalized spacial score (nSPS) is 20.1. The van der Waals surface area contributed by atoms with E-state index in [0.29, 0.717) is 16.8 Å². The minimum Gasteiger partial charge on any atom is -0.465 e. The average Bonchev–Trinajstić information content (AvgIpc) is 2.74. The second kappa shape index (κ2) is 6.41. The molecule has 20 heavy (non-hydrogen) atoms. The summed E-state index contributed by atoms with van der Waals surface area (Å²) in [5, 5.41) is 0.863. The molecule has 4 nitrogen and oxygen atoms in total. The molecule has 1 heterocycles. The van der Waals surface area contributed by atoms with E-state index in [1.54, 1.807) is 13.0 Å². The van der Waals surface area contributed by atoms with Gasteiger partial charge in [0.25, 0.3) is 0 Å². The summed E-state index contributed by atoms with van der Waals surface area (Å²) in [6, 6.07) is 5.47. The third-order valence-corrected chi connectivity index (χ3v) is 4.15. The molecule has 0 N–H and O–H groups in total. The molecule has 0 amide bonds. The van der Waals surface area contributed by atoms with Crippen LogP contribution in [0.5, 0.6) is 0 Å². The summed E-state index contributed by atoms with van der Waals surface area (Å²) < 4.78 is 5.02. The summed E-state index contributed by atoms with van der Waals surface area (Å²) in [5.74, 6) is -0.267. The van der Waals surface area contributed by atoms with E-state index >= 15 is 0 Å². The van der Waals surface area contributed by atoms with E-state index in [4.69, 9.17) is 16.3 Å². The fraction of sp³-hybridized carbons (Fsp3) is 0.357. The first-order valence-corrected chi connectivity index (χ1v) is 7.50. The van der Waals surface area contributed by atoms with Gasteiger partial charge in [0.05, 0.1) is 12.3 Å². The zero-order valence-corrected chi connectivity index (χ0v) is 13.1. The van der Waals surface area contributed by atoms with Gasteiger partial charge in [-0.2, -0.15) is 0 Å². The molecule has 1 aliphatic heterocycles. The second-order valence-electron chi connectivity index (χ2n) is 4.33. The van der Waals surface area contributed by atoms with Crippen molar-refractivity contribution in [2.75, 3.05) is 6.61 Å². The zero-order valence-electron chi connectivity index (χ0n) is 11.5. The molecular formula is C14H15ClN2O2S. The summed E-state index contributed by atoms with van der Waals surface area (Å²) >= 11 is 7.23. The highest BCUT2D eigenvalue weighted by molar-refractivity contribution is 8.16. The predicted molar refractivity (Wildman–Crippen MR) is 84.4 cm³/mol. The standard InChI is InChI=1S/C14H15ClN2O2S/c1-4-19-13(18)12-9(3)16-14(20-12)17-11-6-5-10(15)7-8(11)2/h5-7,12H,4H2,1-3H3/t12-/m0/s1. The molecule has 0 aromatic heterocycles. The molecule has 106 valence electrons. The van der Waals surface area contributed by atoms with Gasteiger partial charge in [-0.05, 0) is 44.5 Å². The van der Waals surface area contributed by atoms with Crippen LogP contribution in [-0.2, 0) is 9.53 Å². The fourth-order valence-electron chi connectivity index (χ4n) is 1.76. The molecular weight excluding hydrogens is 296 g/mol. The molecule has 0 fully saturated rings. The van der Waals surface area contributed by atoms with Crippen molar-refractivity contribution in [1.29, 1.82) is 0 Å². The van der Waals surface area contributed by atoms with Gasteiger partial charge >= 0.3 is 5.97 Å². The third kappa shape index (κ3) is 3.41. The van der Waals surface area contributed by atoms with Crippen molar-refractivity contribution < 1.29 is 9.53 Å². The molecule has 1 aromatic carbocycles. The first-order valence-electron chi connectivity index (χ1n) is 6.24. The minimum absolute atomic E-state index is 0.267. The lowest BCUT2D eigenvalue weighted by molar-refractivity contribution is -0.141. The van der Waals surface area contributed by atoms with Crippen molar-refractivity contribution in [3.63, 3.8) is 0 Å². The van der Waals surface area contributed by atoms with Crippen molar-refractivity contribution in [3.05, 3.63) is 28.8 Å². The number of benzene rings is 1. The Morgan fingerprint density at radius 1 is 1.50 bits per heavy atom. The van der Waals surface area contributed by atoms with Crippen LogP contribution in [-0.4, -0.2) is 28.7 Å². The summed E-state index contributed by atoms with van der Waals surface area (Å²) in [7, 11) is 0. The Morgan fingerprint density at radius 2 is 2.25 bits per heavy atom. The summed E-state index contributed by atoms with van der Waals surface area (Å²) in [6.07, 6.45) is 0. The van der Waals surface area contributed by atoms with E-state index in [-0.39, 0.29) is 11.2 Å². The Labute approximate surface area is 127 Å². The lowest BCUT2D eigenvalue weighted by atomic mass is 10.2. The number of amidine groups is 1. The molecule has 0 aliphatic carbocycles. The first-order chi connectivity index (χ1) is 9.51. The molecule has 0 spiro atoms. The van der Waals surface area contributed by atoms with Gasteiger partial charge in [-0.15, -0.1) is 0 Å². The minimum atomic E-state index is -0.388. The molecule has 0 saturated carbocycles. The molecule has 0 radical (unpaired) electrons. The highest BCUT2D eigenvalue weighted by Crippen LogP contribution is 2.29. The van der Waals surface area contributed by atoms with Crippen molar-refractivity contribution >= 4 is 45.9 Å². The summed E-state index contributed by atoms with van der Waals surface area (Å²) in [5.41, 5.74) is 2.50. The zero-order chi connectivity index (χ0) is 14.7. The van der Waals surface area contributed by atoms with E-state index < -0.39 is 0 Å². The van der Waals surface area contributed by atoms with Crippen LogP contribution in [0.3, 0.4) is 0 Å². The van der Waals surface area contributed by atoms with E-state index in [0.717, 1.165) is 17.0 Å². The number of rotatable bonds is 3. The molecule has 2 rings (SSSR count). The van der Waals surface area contributed by atoms with Crippen molar-refractivity contribution in [2.45, 2.75) is 26.0 Å². The van der Waals surface area contributed by atoms with Crippen molar-refractivity contribution in [3.8, 4) is 0 Å². The highest BCUT2D eigenvalue weighted by atomic mass is 35.5. The highest BCUT2D eigenvalue weighted by Gasteiger charge is 2.31. The largest absolute Gasteiger partial charge is 0.465 e. The monoisotopic (exact) mass is 310 g/mol. The van der Waals surface area contributed by atoms with Crippen LogP contribution in [0.2, 0.25) is 5.02 Å². The van der Waals surface area contributed by atoms with Gasteiger partial charge in [0.15, 0.2) is 5.17 Å². The number of halogens is 1. The maximum Gasteiger partial charge on any atom is 0.325 e. The molecule has 0 bridgehead atoms.